The number of anilines is 2. The molecule has 24 heavy (non-hydrogen) atoms. The number of thiocarbonyl (C=S) groups is 1. The van der Waals surface area contributed by atoms with E-state index in [2.05, 4.69) is 0 Å². The molecule has 2 aromatic carbocycles. The van der Waals surface area contributed by atoms with Crippen molar-refractivity contribution in [2.24, 2.45) is 0 Å². The number of hydrogen-bond acceptors (Lipinski definition) is 5. The van der Waals surface area contributed by atoms with Crippen LogP contribution in [0, 0.1) is 0 Å². The lowest BCUT2D eigenvalue weighted by Gasteiger charge is -2.17. The fourth-order valence-electron chi connectivity index (χ4n) is 2.34. The molecule has 1 heterocycles. The Labute approximate surface area is 150 Å². The Morgan fingerprint density at radius 3 is 2.42 bits per heavy atom. The molecule has 2 aromatic rings. The highest BCUT2D eigenvalue weighted by atomic mass is 32.2. The van der Waals surface area contributed by atoms with Crippen LogP contribution in [0.25, 0.3) is 6.08 Å². The second-order valence-electron chi connectivity index (χ2n) is 5.49. The van der Waals surface area contributed by atoms with Gasteiger partial charge in [-0.25, -0.2) is 0 Å². The van der Waals surface area contributed by atoms with Gasteiger partial charge in [-0.15, -0.1) is 0 Å². The van der Waals surface area contributed by atoms with E-state index in [9.17, 15) is 9.90 Å². The third kappa shape index (κ3) is 3.16. The van der Waals surface area contributed by atoms with Gasteiger partial charge in [-0.2, -0.15) is 0 Å². The first-order valence-electron chi connectivity index (χ1n) is 7.31. The predicted octanol–water partition coefficient (Wildman–Crippen LogP) is 3.86. The van der Waals surface area contributed by atoms with Crippen molar-refractivity contribution in [3.8, 4) is 5.75 Å². The van der Waals surface area contributed by atoms with E-state index in [1.54, 1.807) is 24.3 Å². The van der Waals surface area contributed by atoms with Gasteiger partial charge >= 0.3 is 0 Å². The fourth-order valence-corrected chi connectivity index (χ4v) is 3.63. The zero-order chi connectivity index (χ0) is 17.3. The molecular formula is C18H16N2O2S2. The summed E-state index contributed by atoms with van der Waals surface area (Å²) >= 11 is 6.60. The standard InChI is InChI=1S/C18H16N2O2S2/c1-19(2)13-7-9-14(10-8-13)20-17(22)16(24-18(20)23)11-12-5-3-4-6-15(12)21/h3-11,21H,1-2H3/b16-11-. The molecule has 122 valence electrons. The SMILES string of the molecule is CN(C)c1ccc(N2C(=O)/C(=C/c3ccccc3O)SC2=S)cc1. The van der Waals surface area contributed by atoms with Crippen LogP contribution in [0.2, 0.25) is 0 Å². The molecule has 1 fully saturated rings. The molecule has 0 radical (unpaired) electrons. The maximum absolute atomic E-state index is 12.7. The lowest BCUT2D eigenvalue weighted by atomic mass is 10.2. The first kappa shape index (κ1) is 16.5. The van der Waals surface area contributed by atoms with Crippen LogP contribution in [0.3, 0.4) is 0 Å². The third-order valence-corrected chi connectivity index (χ3v) is 4.94. The summed E-state index contributed by atoms with van der Waals surface area (Å²) in [6, 6.07) is 14.5. The Morgan fingerprint density at radius 2 is 1.79 bits per heavy atom. The highest BCUT2D eigenvalue weighted by molar-refractivity contribution is 8.27. The van der Waals surface area contributed by atoms with Crippen molar-refractivity contribution in [1.29, 1.82) is 0 Å². The number of nitrogens with zero attached hydrogens (tertiary/aromatic N) is 2. The molecule has 0 unspecified atom stereocenters. The average molecular weight is 356 g/mol. The van der Waals surface area contributed by atoms with E-state index >= 15 is 0 Å². The second-order valence-corrected chi connectivity index (χ2v) is 7.16. The molecule has 6 heteroatoms. The molecule has 1 aliphatic rings. The number of carbonyl (C=O) groups is 1. The monoisotopic (exact) mass is 356 g/mol. The summed E-state index contributed by atoms with van der Waals surface area (Å²) in [5, 5.41) is 9.87. The summed E-state index contributed by atoms with van der Waals surface area (Å²) in [6.07, 6.45) is 1.67. The van der Waals surface area contributed by atoms with Crippen LogP contribution >= 0.6 is 24.0 Å². The largest absolute Gasteiger partial charge is 0.507 e. The zero-order valence-corrected chi connectivity index (χ0v) is 14.9. The fraction of sp³-hybridized carbons (Fsp3) is 0.111. The summed E-state index contributed by atoms with van der Waals surface area (Å²) in [7, 11) is 3.92. The molecule has 0 spiro atoms. The normalized spacial score (nSPS) is 16.1. The number of phenols is 1. The van der Waals surface area contributed by atoms with Crippen LogP contribution in [-0.4, -0.2) is 29.4 Å². The minimum Gasteiger partial charge on any atom is -0.507 e. The maximum atomic E-state index is 12.7. The Bertz CT molecular complexity index is 829. The highest BCUT2D eigenvalue weighted by Crippen LogP contribution is 2.37. The Balaban J connectivity index is 1.91. The first-order valence-corrected chi connectivity index (χ1v) is 8.53. The number of para-hydroxylation sites is 1. The number of carbonyl (C=O) groups excluding carboxylic acids is 1. The summed E-state index contributed by atoms with van der Waals surface area (Å²) in [6.45, 7) is 0. The van der Waals surface area contributed by atoms with Crippen LogP contribution in [-0.2, 0) is 4.79 Å². The molecule has 1 aliphatic heterocycles. The predicted molar refractivity (Wildman–Crippen MR) is 105 cm³/mol. The smallest absolute Gasteiger partial charge is 0.270 e. The minimum atomic E-state index is -0.175. The van der Waals surface area contributed by atoms with E-state index in [1.165, 1.54) is 16.7 Å². The van der Waals surface area contributed by atoms with Gasteiger partial charge in [0.1, 0.15) is 5.75 Å². The van der Waals surface area contributed by atoms with Crippen LogP contribution < -0.4 is 9.80 Å². The number of hydrogen-bond donors (Lipinski definition) is 1. The Morgan fingerprint density at radius 1 is 1.12 bits per heavy atom. The first-order chi connectivity index (χ1) is 11.5. The van der Waals surface area contributed by atoms with Gasteiger partial charge < -0.3 is 10.0 Å². The number of phenolic OH excluding ortho intramolecular Hbond substituents is 1. The molecule has 4 nitrogen and oxygen atoms in total. The van der Waals surface area contributed by atoms with Crippen molar-refractivity contribution in [2.45, 2.75) is 0 Å². The summed E-state index contributed by atoms with van der Waals surface area (Å²) in [5.74, 6) is -0.0380. The zero-order valence-electron chi connectivity index (χ0n) is 13.3. The molecule has 1 amide bonds. The molecule has 1 N–H and O–H groups in total. The van der Waals surface area contributed by atoms with E-state index in [0.29, 0.717) is 14.8 Å². The number of benzene rings is 2. The van der Waals surface area contributed by atoms with Crippen molar-refractivity contribution in [1.82, 2.24) is 0 Å². The Kier molecular flexibility index (Phi) is 4.59. The van der Waals surface area contributed by atoms with E-state index in [1.807, 2.05) is 49.3 Å². The quantitative estimate of drug-likeness (QED) is 0.668. The van der Waals surface area contributed by atoms with Crippen LogP contribution in [0.4, 0.5) is 11.4 Å². The number of aromatic hydroxyl groups is 1. The van der Waals surface area contributed by atoms with Gasteiger partial charge in [0.2, 0.25) is 0 Å². The summed E-state index contributed by atoms with van der Waals surface area (Å²) < 4.78 is 0.485. The van der Waals surface area contributed by atoms with Gasteiger partial charge in [-0.1, -0.05) is 42.2 Å². The summed E-state index contributed by atoms with van der Waals surface area (Å²) in [5.41, 5.74) is 2.39. The minimum absolute atomic E-state index is 0.137. The van der Waals surface area contributed by atoms with E-state index in [4.69, 9.17) is 12.2 Å². The molecule has 0 aliphatic carbocycles. The molecular weight excluding hydrogens is 340 g/mol. The number of amides is 1. The molecule has 0 aromatic heterocycles. The van der Waals surface area contributed by atoms with Crippen LogP contribution in [0.15, 0.2) is 53.4 Å². The van der Waals surface area contributed by atoms with Crippen molar-refractivity contribution in [2.75, 3.05) is 23.9 Å². The van der Waals surface area contributed by atoms with Gasteiger partial charge in [0.25, 0.3) is 5.91 Å². The lowest BCUT2D eigenvalue weighted by Crippen LogP contribution is -2.27. The summed E-state index contributed by atoms with van der Waals surface area (Å²) in [4.78, 5) is 16.7. The highest BCUT2D eigenvalue weighted by Gasteiger charge is 2.33. The van der Waals surface area contributed by atoms with Gasteiger partial charge in [-0.05, 0) is 36.4 Å². The molecule has 3 rings (SSSR count). The van der Waals surface area contributed by atoms with Gasteiger partial charge in [0.05, 0.1) is 10.6 Å². The van der Waals surface area contributed by atoms with Crippen LogP contribution in [0.5, 0.6) is 5.75 Å². The maximum Gasteiger partial charge on any atom is 0.270 e. The van der Waals surface area contributed by atoms with Crippen molar-refractivity contribution in [3.05, 3.63) is 59.0 Å². The third-order valence-electron chi connectivity index (χ3n) is 3.64. The lowest BCUT2D eigenvalue weighted by molar-refractivity contribution is -0.113. The number of thioether (sulfide) groups is 1. The van der Waals surface area contributed by atoms with Gasteiger partial charge in [0, 0.05) is 25.3 Å². The van der Waals surface area contributed by atoms with Gasteiger partial charge in [-0.3, -0.25) is 9.69 Å². The van der Waals surface area contributed by atoms with Crippen molar-refractivity contribution < 1.29 is 9.90 Å². The van der Waals surface area contributed by atoms with E-state index in [0.717, 1.165) is 11.4 Å². The van der Waals surface area contributed by atoms with Crippen molar-refractivity contribution in [3.63, 3.8) is 0 Å². The van der Waals surface area contributed by atoms with E-state index in [-0.39, 0.29) is 11.7 Å². The van der Waals surface area contributed by atoms with Crippen LogP contribution in [0.1, 0.15) is 5.56 Å². The molecule has 0 atom stereocenters. The van der Waals surface area contributed by atoms with Crippen molar-refractivity contribution >= 4 is 51.7 Å². The van der Waals surface area contributed by atoms with E-state index < -0.39 is 0 Å². The van der Waals surface area contributed by atoms with Gasteiger partial charge in [0.15, 0.2) is 4.32 Å². The topological polar surface area (TPSA) is 43.8 Å². The number of rotatable bonds is 3. The molecule has 0 saturated carbocycles. The molecule has 0 bridgehead atoms. The second kappa shape index (κ2) is 6.67. The Hall–Kier alpha value is -2.31. The molecule has 1 saturated heterocycles. The average Bonchev–Trinajstić information content (AvgIpc) is 2.84.